The van der Waals surface area contributed by atoms with Gasteiger partial charge < -0.3 is 41.2 Å². The molecule has 1 aliphatic heterocycles. The highest BCUT2D eigenvalue weighted by Crippen LogP contribution is 2.31. The molecule has 1 fully saturated rings. The van der Waals surface area contributed by atoms with Gasteiger partial charge in [-0.05, 0) is 64.3 Å². The van der Waals surface area contributed by atoms with Crippen LogP contribution in [-0.4, -0.2) is 78.2 Å². The number of guanidine groups is 1. The van der Waals surface area contributed by atoms with Crippen LogP contribution in [0.25, 0.3) is 10.8 Å². The van der Waals surface area contributed by atoms with Crippen LogP contribution in [0.4, 0.5) is 4.79 Å². The van der Waals surface area contributed by atoms with Gasteiger partial charge >= 0.3 is 18.0 Å². The minimum absolute atomic E-state index is 0.00447. The van der Waals surface area contributed by atoms with Crippen molar-refractivity contribution < 1.29 is 33.4 Å². The highest BCUT2D eigenvalue weighted by molar-refractivity contribution is 6.07. The van der Waals surface area contributed by atoms with E-state index in [1.807, 2.05) is 114 Å². The molecule has 6 aromatic rings. The van der Waals surface area contributed by atoms with Gasteiger partial charge in [-0.1, -0.05) is 176 Å². The number of hydrogen-bond acceptors (Lipinski definition) is 9. The number of hydrogen-bond donors (Lipinski definition) is 4. The van der Waals surface area contributed by atoms with E-state index in [2.05, 4.69) is 28.3 Å². The van der Waals surface area contributed by atoms with Crippen molar-refractivity contribution in [2.24, 2.45) is 16.5 Å². The maximum absolute atomic E-state index is 15.3. The predicted octanol–water partition coefficient (Wildman–Crippen LogP) is 7.33. The van der Waals surface area contributed by atoms with Gasteiger partial charge in [-0.2, -0.15) is 0 Å². The lowest BCUT2D eigenvalue weighted by Gasteiger charge is -2.32. The van der Waals surface area contributed by atoms with Gasteiger partial charge in [0.1, 0.15) is 19.8 Å². The first-order chi connectivity index (χ1) is 33.1. The molecule has 6 N–H and O–H groups in total. The van der Waals surface area contributed by atoms with Crippen LogP contribution < -0.4 is 22.1 Å². The number of fused-ring (bicyclic) bond motifs is 1. The molecule has 68 heavy (non-hydrogen) atoms. The second kappa shape index (κ2) is 23.6. The molecule has 350 valence electrons. The van der Waals surface area contributed by atoms with Crippen molar-refractivity contribution in [3.8, 4) is 0 Å². The molecule has 13 heteroatoms. The summed E-state index contributed by atoms with van der Waals surface area (Å²) in [5.41, 5.74) is 14.0. The number of aliphatic imine (C=N–C) groups is 1. The van der Waals surface area contributed by atoms with Gasteiger partial charge in [0, 0.05) is 25.0 Å². The number of esters is 2. The van der Waals surface area contributed by atoms with Crippen LogP contribution in [0, 0.1) is 0 Å². The summed E-state index contributed by atoms with van der Waals surface area (Å²) in [5.74, 6) is -3.13. The van der Waals surface area contributed by atoms with Crippen molar-refractivity contribution in [3.05, 3.63) is 204 Å². The van der Waals surface area contributed by atoms with E-state index in [4.69, 9.17) is 25.7 Å². The zero-order valence-electron chi connectivity index (χ0n) is 38.0. The Kier molecular flexibility index (Phi) is 16.7. The van der Waals surface area contributed by atoms with Crippen molar-refractivity contribution in [1.82, 2.24) is 15.5 Å². The summed E-state index contributed by atoms with van der Waals surface area (Å²) in [6, 6.07) is 50.0. The molecule has 0 radical (unpaired) electrons. The van der Waals surface area contributed by atoms with Crippen LogP contribution in [0.5, 0.6) is 0 Å². The molecular formula is C55H58N6O7. The second-order valence-electron chi connectivity index (χ2n) is 16.9. The summed E-state index contributed by atoms with van der Waals surface area (Å²) in [7, 11) is 0. The largest absolute Gasteiger partial charge is 0.459 e. The van der Waals surface area contributed by atoms with Gasteiger partial charge in [0.2, 0.25) is 5.91 Å². The third kappa shape index (κ3) is 12.8. The van der Waals surface area contributed by atoms with Crippen LogP contribution in [0.3, 0.4) is 0 Å². The third-order valence-corrected chi connectivity index (χ3v) is 12.1. The van der Waals surface area contributed by atoms with E-state index >= 15 is 4.79 Å². The standard InChI is InChI=1S/C55H58N6O7/c1-2-33-66-54(65)59-49(35-41-27-28-42-21-15-16-26-45(42)34-41)47-30-32-61(36-46(43-22-11-5-12-23-43)44-24-13-6-14-25-44)50(62)48(58-47)29-31-55(60-53(56)57,51(63)67-37-39-17-7-3-8-18-39)52(64)68-38-40-19-9-4-10-20-40/h2-28,34,46-49,58H,1,29-33,35-38H2,(H,59,65)(H4,56,57,60)/t47?,48-,49-/m0/s1. The normalized spacial score (nSPS) is 15.4. The Morgan fingerprint density at radius 3 is 1.84 bits per heavy atom. The molecule has 1 aliphatic rings. The summed E-state index contributed by atoms with van der Waals surface area (Å²) in [6.07, 6.45) is 1.11. The summed E-state index contributed by atoms with van der Waals surface area (Å²) >= 11 is 0. The van der Waals surface area contributed by atoms with Gasteiger partial charge in [-0.25, -0.2) is 19.4 Å². The lowest BCUT2D eigenvalue weighted by Crippen LogP contribution is -2.56. The fraction of sp³-hybridized carbons (Fsp3) is 0.255. The Hall–Kier alpha value is -7.77. The Labute approximate surface area is 397 Å². The van der Waals surface area contributed by atoms with Gasteiger partial charge in [-0.3, -0.25) is 4.79 Å². The van der Waals surface area contributed by atoms with E-state index in [1.54, 1.807) is 48.5 Å². The third-order valence-electron chi connectivity index (χ3n) is 12.1. The SMILES string of the molecule is C=CCOC(=O)N[C@@H](Cc1ccc2ccccc2c1)C1CCN(CC(c2ccccc2)c2ccccc2)C(=O)[C@H](CCC(N=C(N)N)(C(=O)OCc2ccccc2)C(=O)OCc2ccccc2)N1. The molecule has 1 saturated heterocycles. The van der Waals surface area contributed by atoms with Crippen molar-refractivity contribution in [3.63, 3.8) is 0 Å². The number of ether oxygens (including phenoxy) is 3. The smallest absolute Gasteiger partial charge is 0.407 e. The Morgan fingerprint density at radius 2 is 1.28 bits per heavy atom. The molecule has 7 rings (SSSR count). The molecule has 0 saturated carbocycles. The van der Waals surface area contributed by atoms with Crippen molar-refractivity contribution in [1.29, 1.82) is 0 Å². The number of rotatable bonds is 20. The minimum atomic E-state index is -2.41. The van der Waals surface area contributed by atoms with Crippen molar-refractivity contribution in [2.75, 3.05) is 19.7 Å². The number of alkyl carbamates (subject to hydrolysis) is 1. The molecular weight excluding hydrogens is 857 g/mol. The number of carbonyl (C=O) groups is 4. The molecule has 6 aromatic carbocycles. The van der Waals surface area contributed by atoms with Crippen molar-refractivity contribution in [2.45, 2.75) is 68.5 Å². The average molecular weight is 915 g/mol. The fourth-order valence-corrected chi connectivity index (χ4v) is 8.67. The first-order valence-electron chi connectivity index (χ1n) is 22.8. The monoisotopic (exact) mass is 914 g/mol. The van der Waals surface area contributed by atoms with Gasteiger partial charge in [-0.15, -0.1) is 0 Å². The molecule has 0 aromatic heterocycles. The molecule has 0 bridgehead atoms. The fourth-order valence-electron chi connectivity index (χ4n) is 8.67. The van der Waals surface area contributed by atoms with Gasteiger partial charge in [0.15, 0.2) is 5.96 Å². The number of nitrogens with zero attached hydrogens (tertiary/aromatic N) is 2. The zero-order chi connectivity index (χ0) is 47.7. The number of benzene rings is 6. The zero-order valence-corrected chi connectivity index (χ0v) is 38.0. The molecule has 2 amide bonds. The van der Waals surface area contributed by atoms with Crippen LogP contribution in [0.2, 0.25) is 0 Å². The van der Waals surface area contributed by atoms with Gasteiger partial charge in [0.05, 0.1) is 12.1 Å². The Bertz CT molecular complexity index is 2550. The van der Waals surface area contributed by atoms with E-state index in [0.29, 0.717) is 37.1 Å². The van der Waals surface area contributed by atoms with Crippen molar-refractivity contribution >= 4 is 40.7 Å². The van der Waals surface area contributed by atoms with E-state index in [1.165, 1.54) is 6.08 Å². The number of amides is 2. The number of nitrogens with two attached hydrogens (primary N) is 2. The number of nitrogens with one attached hydrogen (secondary N) is 2. The first kappa shape index (κ1) is 48.2. The van der Waals surface area contributed by atoms with Gasteiger partial charge in [0.25, 0.3) is 5.54 Å². The van der Waals surface area contributed by atoms with Crippen LogP contribution in [-0.2, 0) is 48.2 Å². The maximum Gasteiger partial charge on any atom is 0.407 e. The first-order valence-corrected chi connectivity index (χ1v) is 22.8. The van der Waals surface area contributed by atoms with Crippen LogP contribution >= 0.6 is 0 Å². The average Bonchev–Trinajstić information content (AvgIpc) is 3.52. The Morgan fingerprint density at radius 1 is 0.735 bits per heavy atom. The summed E-state index contributed by atoms with van der Waals surface area (Å²) in [5, 5.41) is 8.78. The maximum atomic E-state index is 15.3. The molecule has 0 spiro atoms. The quantitative estimate of drug-likeness (QED) is 0.0151. The summed E-state index contributed by atoms with van der Waals surface area (Å²) in [6.45, 7) is 3.92. The van der Waals surface area contributed by atoms with E-state index in [-0.39, 0.29) is 44.5 Å². The van der Waals surface area contributed by atoms with E-state index < -0.39 is 47.7 Å². The molecule has 3 atom stereocenters. The van der Waals surface area contributed by atoms with Crippen LogP contribution in [0.15, 0.2) is 181 Å². The predicted molar refractivity (Wildman–Crippen MR) is 263 cm³/mol. The topological polar surface area (TPSA) is 188 Å². The molecule has 13 nitrogen and oxygen atoms in total. The molecule has 1 heterocycles. The minimum Gasteiger partial charge on any atom is -0.459 e. The highest BCUT2D eigenvalue weighted by Gasteiger charge is 2.51. The lowest BCUT2D eigenvalue weighted by atomic mass is 9.89. The lowest BCUT2D eigenvalue weighted by molar-refractivity contribution is -0.166. The summed E-state index contributed by atoms with van der Waals surface area (Å²) in [4.78, 5) is 63.9. The summed E-state index contributed by atoms with van der Waals surface area (Å²) < 4.78 is 17.1. The molecule has 1 unspecified atom stereocenters. The van der Waals surface area contributed by atoms with Crippen LogP contribution in [0.1, 0.15) is 53.0 Å². The Balaban J connectivity index is 1.26. The molecule has 0 aliphatic carbocycles. The van der Waals surface area contributed by atoms with E-state index in [0.717, 1.165) is 27.5 Å². The van der Waals surface area contributed by atoms with E-state index in [9.17, 15) is 14.4 Å². The number of carbonyl (C=O) groups excluding carboxylic acids is 4. The highest BCUT2D eigenvalue weighted by atomic mass is 16.6. The second-order valence-corrected chi connectivity index (χ2v) is 16.9.